The van der Waals surface area contributed by atoms with E-state index >= 15 is 0 Å². The van der Waals surface area contributed by atoms with Gasteiger partial charge < -0.3 is 9.80 Å². The van der Waals surface area contributed by atoms with E-state index in [-0.39, 0.29) is 28.1 Å². The number of hydrogen-bond acceptors (Lipinski definition) is 4. The second kappa shape index (κ2) is 8.69. The number of halogens is 1. The van der Waals surface area contributed by atoms with Gasteiger partial charge in [0.1, 0.15) is 5.56 Å². The van der Waals surface area contributed by atoms with Crippen molar-refractivity contribution in [2.24, 2.45) is 5.92 Å². The number of nitro benzene ring substituents is 1. The summed E-state index contributed by atoms with van der Waals surface area (Å²) >= 11 is 5.93. The van der Waals surface area contributed by atoms with E-state index in [2.05, 4.69) is 0 Å². The zero-order chi connectivity index (χ0) is 19.4. The maximum absolute atomic E-state index is 12.8. The second-order valence-corrected chi connectivity index (χ2v) is 7.66. The molecule has 2 aliphatic heterocycles. The summed E-state index contributed by atoms with van der Waals surface area (Å²) < 4.78 is 0. The molecule has 0 N–H and O–H groups in total. The van der Waals surface area contributed by atoms with Crippen molar-refractivity contribution < 1.29 is 14.5 Å². The van der Waals surface area contributed by atoms with E-state index in [1.165, 1.54) is 31.0 Å². The van der Waals surface area contributed by atoms with Gasteiger partial charge in [0.15, 0.2) is 0 Å². The highest BCUT2D eigenvalue weighted by molar-refractivity contribution is 6.31. The molecule has 146 valence electrons. The molecule has 1 aromatic rings. The summed E-state index contributed by atoms with van der Waals surface area (Å²) in [6, 6.07) is 4.00. The molecule has 2 heterocycles. The fourth-order valence-electron chi connectivity index (χ4n) is 3.89. The fourth-order valence-corrected chi connectivity index (χ4v) is 4.06. The zero-order valence-electron chi connectivity index (χ0n) is 15.2. The van der Waals surface area contributed by atoms with Gasteiger partial charge in [0.25, 0.3) is 11.6 Å². The molecule has 1 aromatic carbocycles. The summed E-state index contributed by atoms with van der Waals surface area (Å²) in [4.78, 5) is 39.7. The average molecular weight is 394 g/mol. The third-order valence-electron chi connectivity index (χ3n) is 5.43. The predicted octanol–water partition coefficient (Wildman–Crippen LogP) is 3.50. The predicted molar refractivity (Wildman–Crippen MR) is 102 cm³/mol. The Bertz CT molecular complexity index is 724. The van der Waals surface area contributed by atoms with Crippen LogP contribution in [-0.2, 0) is 4.79 Å². The minimum Gasteiger partial charge on any atom is -0.342 e. The zero-order valence-corrected chi connectivity index (χ0v) is 16.0. The first-order chi connectivity index (χ1) is 13.0. The summed E-state index contributed by atoms with van der Waals surface area (Å²) in [5.74, 6) is -0.274. The molecule has 2 aliphatic rings. The second-order valence-electron chi connectivity index (χ2n) is 7.22. The molecule has 8 heteroatoms. The number of benzene rings is 1. The van der Waals surface area contributed by atoms with Gasteiger partial charge in [0.05, 0.1) is 4.92 Å². The quantitative estimate of drug-likeness (QED) is 0.581. The Morgan fingerprint density at radius 2 is 1.63 bits per heavy atom. The molecule has 2 saturated heterocycles. The van der Waals surface area contributed by atoms with Crippen LogP contribution < -0.4 is 0 Å². The van der Waals surface area contributed by atoms with Crippen molar-refractivity contribution in [3.63, 3.8) is 0 Å². The van der Waals surface area contributed by atoms with Crippen molar-refractivity contribution in [3.05, 3.63) is 38.9 Å². The van der Waals surface area contributed by atoms with Crippen molar-refractivity contribution in [1.82, 2.24) is 9.80 Å². The molecule has 0 bridgehead atoms. The maximum Gasteiger partial charge on any atom is 0.282 e. The van der Waals surface area contributed by atoms with Crippen molar-refractivity contribution in [2.75, 3.05) is 26.2 Å². The number of likely N-dealkylation sites (tertiary alicyclic amines) is 2. The fraction of sp³-hybridized carbons (Fsp3) is 0.579. The SMILES string of the molecule is O=C(c1cc(Cl)ccc1[N+](=O)[O-])N1CCC(C(=O)N2CCCCCC2)CC1. The first-order valence-corrected chi connectivity index (χ1v) is 9.87. The minimum atomic E-state index is -0.570. The largest absolute Gasteiger partial charge is 0.342 e. The van der Waals surface area contributed by atoms with Crippen LogP contribution in [0.3, 0.4) is 0 Å². The van der Waals surface area contributed by atoms with Crippen molar-refractivity contribution in [1.29, 1.82) is 0 Å². The lowest BCUT2D eigenvalue weighted by atomic mass is 9.94. The topological polar surface area (TPSA) is 83.8 Å². The van der Waals surface area contributed by atoms with Crippen LogP contribution in [0.1, 0.15) is 48.9 Å². The van der Waals surface area contributed by atoms with Crippen LogP contribution in [0, 0.1) is 16.0 Å². The normalized spacial score (nSPS) is 18.9. The summed E-state index contributed by atoms with van der Waals surface area (Å²) in [5.41, 5.74) is -0.239. The molecule has 2 amide bonds. The maximum atomic E-state index is 12.8. The number of carbonyl (C=O) groups excluding carboxylic acids is 2. The molecule has 0 spiro atoms. The molecule has 0 unspecified atom stereocenters. The standard InChI is InChI=1S/C19H24ClN3O4/c20-15-5-6-17(23(26)27)16(13-15)19(25)22-11-7-14(8-12-22)18(24)21-9-3-1-2-4-10-21/h5-6,13-14H,1-4,7-12H2. The van der Waals surface area contributed by atoms with E-state index < -0.39 is 10.8 Å². The molecule has 7 nitrogen and oxygen atoms in total. The molecule has 2 fully saturated rings. The van der Waals surface area contributed by atoms with Crippen LogP contribution in [0.5, 0.6) is 0 Å². The summed E-state index contributed by atoms with van der Waals surface area (Å²) in [6.45, 7) is 2.50. The third kappa shape index (κ3) is 4.58. The van der Waals surface area contributed by atoms with E-state index in [0.29, 0.717) is 25.9 Å². The first-order valence-electron chi connectivity index (χ1n) is 9.49. The van der Waals surface area contributed by atoms with Gasteiger partial charge >= 0.3 is 0 Å². The van der Waals surface area contributed by atoms with Crippen LogP contribution in [0.15, 0.2) is 18.2 Å². The van der Waals surface area contributed by atoms with Crippen molar-refractivity contribution in [3.8, 4) is 0 Å². The highest BCUT2D eigenvalue weighted by Crippen LogP contribution is 2.27. The number of nitrogens with zero attached hydrogens (tertiary/aromatic N) is 3. The molecule has 27 heavy (non-hydrogen) atoms. The highest BCUT2D eigenvalue weighted by atomic mass is 35.5. The van der Waals surface area contributed by atoms with Crippen LogP contribution >= 0.6 is 11.6 Å². The first kappa shape index (κ1) is 19.6. The van der Waals surface area contributed by atoms with Crippen LogP contribution in [0.4, 0.5) is 5.69 Å². The number of nitro groups is 1. The van der Waals surface area contributed by atoms with Gasteiger partial charge in [0, 0.05) is 43.2 Å². The molecule has 0 saturated carbocycles. The number of piperidine rings is 1. The van der Waals surface area contributed by atoms with Gasteiger partial charge in [0.2, 0.25) is 5.91 Å². The Morgan fingerprint density at radius 3 is 2.22 bits per heavy atom. The van der Waals surface area contributed by atoms with Gasteiger partial charge in [-0.2, -0.15) is 0 Å². The minimum absolute atomic E-state index is 0.00444. The lowest BCUT2D eigenvalue weighted by Gasteiger charge is -2.34. The molecular formula is C19H24ClN3O4. The summed E-state index contributed by atoms with van der Waals surface area (Å²) in [6.07, 6.45) is 5.65. The van der Waals surface area contributed by atoms with Gasteiger partial charge in [-0.05, 0) is 37.8 Å². The Balaban J connectivity index is 1.64. The number of hydrogen-bond donors (Lipinski definition) is 0. The van der Waals surface area contributed by atoms with Gasteiger partial charge in [-0.1, -0.05) is 24.4 Å². The molecule has 0 atom stereocenters. The van der Waals surface area contributed by atoms with Crippen LogP contribution in [0.2, 0.25) is 5.02 Å². The van der Waals surface area contributed by atoms with E-state index in [1.54, 1.807) is 4.90 Å². The highest BCUT2D eigenvalue weighted by Gasteiger charge is 2.32. The molecule has 0 aliphatic carbocycles. The molecule has 0 aromatic heterocycles. The molecule has 0 radical (unpaired) electrons. The Hall–Kier alpha value is -2.15. The number of amides is 2. The monoisotopic (exact) mass is 393 g/mol. The van der Waals surface area contributed by atoms with E-state index in [4.69, 9.17) is 11.6 Å². The Morgan fingerprint density at radius 1 is 1.00 bits per heavy atom. The van der Waals surface area contributed by atoms with E-state index in [9.17, 15) is 19.7 Å². The Labute approximate surface area is 163 Å². The third-order valence-corrected chi connectivity index (χ3v) is 5.67. The van der Waals surface area contributed by atoms with E-state index in [0.717, 1.165) is 25.9 Å². The smallest absolute Gasteiger partial charge is 0.282 e. The van der Waals surface area contributed by atoms with E-state index in [1.807, 2.05) is 4.90 Å². The van der Waals surface area contributed by atoms with Gasteiger partial charge in [-0.25, -0.2) is 0 Å². The average Bonchev–Trinajstić information content (AvgIpc) is 2.96. The summed E-state index contributed by atoms with van der Waals surface area (Å²) in [5, 5.41) is 11.5. The van der Waals surface area contributed by atoms with Crippen LogP contribution in [0.25, 0.3) is 0 Å². The van der Waals surface area contributed by atoms with Gasteiger partial charge in [-0.3, -0.25) is 19.7 Å². The number of carbonyl (C=O) groups is 2. The Kier molecular flexibility index (Phi) is 6.31. The van der Waals surface area contributed by atoms with Crippen molar-refractivity contribution in [2.45, 2.75) is 38.5 Å². The molecular weight excluding hydrogens is 370 g/mol. The van der Waals surface area contributed by atoms with Gasteiger partial charge in [-0.15, -0.1) is 0 Å². The lowest BCUT2D eigenvalue weighted by Crippen LogP contribution is -2.44. The summed E-state index contributed by atoms with van der Waals surface area (Å²) in [7, 11) is 0. The number of rotatable bonds is 3. The lowest BCUT2D eigenvalue weighted by molar-refractivity contribution is -0.385. The van der Waals surface area contributed by atoms with Crippen LogP contribution in [-0.4, -0.2) is 52.7 Å². The van der Waals surface area contributed by atoms with Crippen molar-refractivity contribution >= 4 is 29.1 Å². The molecule has 3 rings (SSSR count).